The second-order valence-corrected chi connectivity index (χ2v) is 8.15. The number of aromatic amines is 1. The lowest BCUT2D eigenvalue weighted by Crippen LogP contribution is -2.33. The molecular weight excluding hydrogens is 371 g/mol. The van der Waals surface area contributed by atoms with E-state index in [1.165, 1.54) is 12.1 Å². The lowest BCUT2D eigenvalue weighted by Gasteiger charge is -2.24. The third kappa shape index (κ3) is 3.02. The van der Waals surface area contributed by atoms with Gasteiger partial charge in [-0.1, -0.05) is 0 Å². The van der Waals surface area contributed by atoms with E-state index in [1.54, 1.807) is 6.07 Å². The van der Waals surface area contributed by atoms with Crippen LogP contribution in [0.4, 0.5) is 4.39 Å². The fourth-order valence-corrected chi connectivity index (χ4v) is 4.63. The number of H-pyrrole nitrogens is 1. The molecule has 4 heterocycles. The molecule has 152 valence electrons. The number of fused-ring (bicyclic) bond motifs is 2. The number of halogens is 1. The smallest absolute Gasteiger partial charge is 0.271 e. The predicted molar refractivity (Wildman–Crippen MR) is 107 cm³/mol. The first-order valence-electron chi connectivity index (χ1n) is 10.2. The number of benzene rings is 1. The van der Waals surface area contributed by atoms with Gasteiger partial charge in [0, 0.05) is 43.5 Å². The fourth-order valence-electron chi connectivity index (χ4n) is 4.63. The Balaban J connectivity index is 1.49. The molecule has 5 rings (SSSR count). The monoisotopic (exact) mass is 396 g/mol. The molecule has 2 aromatic heterocycles. The number of hydrogen-bond acceptors (Lipinski definition) is 4. The Morgan fingerprint density at radius 2 is 2.07 bits per heavy atom. The van der Waals surface area contributed by atoms with E-state index >= 15 is 0 Å². The molecule has 2 aliphatic rings. The van der Waals surface area contributed by atoms with Gasteiger partial charge in [0.05, 0.1) is 6.04 Å². The van der Waals surface area contributed by atoms with Crippen LogP contribution in [-0.2, 0) is 13.0 Å². The molecular formula is C21H25FN6O. The highest BCUT2D eigenvalue weighted by Gasteiger charge is 2.36. The van der Waals surface area contributed by atoms with Gasteiger partial charge in [-0.25, -0.2) is 4.39 Å². The van der Waals surface area contributed by atoms with Gasteiger partial charge in [-0.2, -0.15) is 0 Å². The van der Waals surface area contributed by atoms with E-state index in [-0.39, 0.29) is 17.8 Å². The van der Waals surface area contributed by atoms with E-state index in [2.05, 4.69) is 31.7 Å². The number of likely N-dealkylation sites (tertiary alicyclic amines) is 1. The topological polar surface area (TPSA) is 70.1 Å². The van der Waals surface area contributed by atoms with Crippen molar-refractivity contribution < 1.29 is 9.18 Å². The van der Waals surface area contributed by atoms with Crippen LogP contribution in [0.3, 0.4) is 0 Å². The number of rotatable bonds is 2. The van der Waals surface area contributed by atoms with Gasteiger partial charge in [0.2, 0.25) is 0 Å². The molecule has 8 heteroatoms. The number of hydrogen-bond donors (Lipinski definition) is 1. The quantitative estimate of drug-likeness (QED) is 0.723. The average molecular weight is 396 g/mol. The van der Waals surface area contributed by atoms with Gasteiger partial charge in [-0.3, -0.25) is 4.79 Å². The van der Waals surface area contributed by atoms with Crippen LogP contribution in [0.15, 0.2) is 18.2 Å². The zero-order valence-corrected chi connectivity index (χ0v) is 16.8. The number of likely N-dealkylation sites (N-methyl/N-ethyl adjacent to an activating group) is 1. The molecule has 0 bridgehead atoms. The maximum absolute atomic E-state index is 13.7. The SMILES string of the molecule is Cc1c(C(=O)N2CCC[C@H]2c2nnc3n2CCN(C)CC3)[nH]c2ccc(F)cc12. The number of carbonyl (C=O) groups excluding carboxylic acids is 1. The molecule has 1 fully saturated rings. The Bertz CT molecular complexity index is 1090. The summed E-state index contributed by atoms with van der Waals surface area (Å²) in [5.74, 6) is 1.54. The van der Waals surface area contributed by atoms with Crippen LogP contribution in [0.1, 0.15) is 46.6 Å². The number of carbonyl (C=O) groups is 1. The third-order valence-electron chi connectivity index (χ3n) is 6.32. The Kier molecular flexibility index (Phi) is 4.38. The Morgan fingerprint density at radius 3 is 2.93 bits per heavy atom. The van der Waals surface area contributed by atoms with Crippen LogP contribution in [-0.4, -0.2) is 62.1 Å². The molecule has 1 aromatic carbocycles. The molecule has 0 saturated carbocycles. The maximum atomic E-state index is 13.7. The summed E-state index contributed by atoms with van der Waals surface area (Å²) in [5.41, 5.74) is 2.10. The molecule has 1 saturated heterocycles. The standard InChI is InChI=1S/C21H25FN6O/c1-13-15-12-14(22)5-6-16(15)23-19(13)21(29)27-8-3-4-17(27)20-25-24-18-7-9-26(2)10-11-28(18)20/h5-6,12,17,23H,3-4,7-11H2,1-2H3/t17-/m0/s1. The normalized spacial score (nSPS) is 20.2. The van der Waals surface area contributed by atoms with Crippen molar-refractivity contribution in [1.82, 2.24) is 29.5 Å². The van der Waals surface area contributed by atoms with Crippen LogP contribution < -0.4 is 0 Å². The van der Waals surface area contributed by atoms with Gasteiger partial charge >= 0.3 is 0 Å². The zero-order valence-electron chi connectivity index (χ0n) is 16.8. The van der Waals surface area contributed by atoms with E-state index in [0.717, 1.165) is 67.0 Å². The van der Waals surface area contributed by atoms with Gasteiger partial charge in [0.25, 0.3) is 5.91 Å². The van der Waals surface area contributed by atoms with E-state index in [1.807, 2.05) is 11.8 Å². The first-order chi connectivity index (χ1) is 14.0. The summed E-state index contributed by atoms with van der Waals surface area (Å²) in [6.07, 6.45) is 2.69. The van der Waals surface area contributed by atoms with Gasteiger partial charge in [-0.05, 0) is 50.6 Å². The Labute approximate surface area is 168 Å². The largest absolute Gasteiger partial charge is 0.350 e. The minimum absolute atomic E-state index is 0.0512. The highest BCUT2D eigenvalue weighted by molar-refractivity contribution is 6.01. The minimum atomic E-state index is -0.297. The average Bonchev–Trinajstić information content (AvgIpc) is 3.39. The van der Waals surface area contributed by atoms with Crippen molar-refractivity contribution in [2.24, 2.45) is 0 Å². The van der Waals surface area contributed by atoms with E-state index in [9.17, 15) is 9.18 Å². The van der Waals surface area contributed by atoms with Crippen molar-refractivity contribution in [3.8, 4) is 0 Å². The number of amides is 1. The summed E-state index contributed by atoms with van der Waals surface area (Å²) >= 11 is 0. The Hall–Kier alpha value is -2.74. The molecule has 2 aliphatic heterocycles. The van der Waals surface area contributed by atoms with Crippen molar-refractivity contribution in [1.29, 1.82) is 0 Å². The van der Waals surface area contributed by atoms with Crippen LogP contribution in [0.25, 0.3) is 10.9 Å². The minimum Gasteiger partial charge on any atom is -0.350 e. The van der Waals surface area contributed by atoms with Gasteiger partial charge < -0.3 is 19.4 Å². The number of aromatic nitrogens is 4. The molecule has 7 nitrogen and oxygen atoms in total. The second kappa shape index (κ2) is 6.95. The number of aryl methyl sites for hydroxylation is 1. The molecule has 1 atom stereocenters. The van der Waals surface area contributed by atoms with Crippen LogP contribution in [0.2, 0.25) is 0 Å². The summed E-state index contributed by atoms with van der Waals surface area (Å²) in [6.45, 7) is 5.32. The summed E-state index contributed by atoms with van der Waals surface area (Å²) < 4.78 is 15.9. The highest BCUT2D eigenvalue weighted by atomic mass is 19.1. The van der Waals surface area contributed by atoms with Crippen molar-refractivity contribution in [3.05, 3.63) is 46.9 Å². The maximum Gasteiger partial charge on any atom is 0.271 e. The first kappa shape index (κ1) is 18.3. The van der Waals surface area contributed by atoms with E-state index in [0.29, 0.717) is 12.2 Å². The molecule has 0 aliphatic carbocycles. The Morgan fingerprint density at radius 1 is 1.21 bits per heavy atom. The third-order valence-corrected chi connectivity index (χ3v) is 6.32. The number of nitrogens with zero attached hydrogens (tertiary/aromatic N) is 5. The van der Waals surface area contributed by atoms with Gasteiger partial charge in [-0.15, -0.1) is 10.2 Å². The lowest BCUT2D eigenvalue weighted by molar-refractivity contribution is 0.0721. The van der Waals surface area contributed by atoms with Gasteiger partial charge in [0.1, 0.15) is 17.3 Å². The predicted octanol–water partition coefficient (Wildman–Crippen LogP) is 2.67. The first-order valence-corrected chi connectivity index (χ1v) is 10.2. The molecule has 1 N–H and O–H groups in total. The lowest BCUT2D eigenvalue weighted by atomic mass is 10.1. The molecule has 3 aromatic rings. The molecule has 29 heavy (non-hydrogen) atoms. The second-order valence-electron chi connectivity index (χ2n) is 8.15. The van der Waals surface area contributed by atoms with E-state index < -0.39 is 0 Å². The molecule has 0 unspecified atom stereocenters. The summed E-state index contributed by atoms with van der Waals surface area (Å²) in [4.78, 5) is 20.9. The van der Waals surface area contributed by atoms with Crippen LogP contribution >= 0.6 is 0 Å². The van der Waals surface area contributed by atoms with Crippen molar-refractivity contribution >= 4 is 16.8 Å². The zero-order chi connectivity index (χ0) is 20.1. The molecule has 0 radical (unpaired) electrons. The molecule has 0 spiro atoms. The van der Waals surface area contributed by atoms with Crippen molar-refractivity contribution in [2.75, 3.05) is 26.7 Å². The van der Waals surface area contributed by atoms with Crippen molar-refractivity contribution in [3.63, 3.8) is 0 Å². The molecule has 1 amide bonds. The van der Waals surface area contributed by atoms with E-state index in [4.69, 9.17) is 0 Å². The van der Waals surface area contributed by atoms with Gasteiger partial charge in [0.15, 0.2) is 5.82 Å². The van der Waals surface area contributed by atoms with Crippen molar-refractivity contribution in [2.45, 2.75) is 38.8 Å². The highest BCUT2D eigenvalue weighted by Crippen LogP contribution is 2.34. The fraction of sp³-hybridized carbons (Fsp3) is 0.476. The summed E-state index contributed by atoms with van der Waals surface area (Å²) in [7, 11) is 2.12. The summed E-state index contributed by atoms with van der Waals surface area (Å²) in [6, 6.07) is 4.50. The van der Waals surface area contributed by atoms with Crippen LogP contribution in [0.5, 0.6) is 0 Å². The number of nitrogens with one attached hydrogen (secondary N) is 1. The van der Waals surface area contributed by atoms with Crippen LogP contribution in [0, 0.1) is 12.7 Å². The summed E-state index contributed by atoms with van der Waals surface area (Å²) in [5, 5.41) is 9.67.